The minimum absolute atomic E-state index is 0.130. The third-order valence-electron chi connectivity index (χ3n) is 4.37. The smallest absolute Gasteiger partial charge is 0.246 e. The van der Waals surface area contributed by atoms with Gasteiger partial charge in [-0.3, -0.25) is 0 Å². The number of aromatic nitrogens is 2. The minimum Gasteiger partial charge on any atom is -0.337 e. The maximum Gasteiger partial charge on any atom is 0.246 e. The van der Waals surface area contributed by atoms with Gasteiger partial charge in [0.25, 0.3) is 0 Å². The van der Waals surface area contributed by atoms with E-state index in [1.807, 2.05) is 23.5 Å². The molecule has 0 radical (unpaired) electrons. The summed E-state index contributed by atoms with van der Waals surface area (Å²) in [7, 11) is 0. The molecule has 2 aliphatic rings. The van der Waals surface area contributed by atoms with E-state index < -0.39 is 0 Å². The number of rotatable bonds is 2. The highest BCUT2D eigenvalue weighted by atomic mass is 32.2. The van der Waals surface area contributed by atoms with Crippen LogP contribution in [0.4, 0.5) is 0 Å². The molecular weight excluding hydrogens is 290 g/mol. The molecule has 112 valence electrons. The predicted octanol–water partition coefficient (Wildman–Crippen LogP) is 3.36. The molecule has 0 spiro atoms. The predicted molar refractivity (Wildman–Crippen MR) is 85.2 cm³/mol. The largest absolute Gasteiger partial charge is 0.337 e. The van der Waals surface area contributed by atoms with E-state index in [1.165, 1.54) is 12.8 Å². The highest BCUT2D eigenvalue weighted by Gasteiger charge is 2.36. The Balaban J connectivity index is 1.73. The molecule has 1 aromatic rings. The van der Waals surface area contributed by atoms with Crippen LogP contribution in [0.25, 0.3) is 0 Å². The molecule has 2 fully saturated rings. The molecule has 4 atom stereocenters. The van der Waals surface area contributed by atoms with Crippen molar-refractivity contribution in [2.24, 2.45) is 0 Å². The Bertz CT molecular complexity index is 459. The van der Waals surface area contributed by atoms with E-state index in [0.29, 0.717) is 15.7 Å². The van der Waals surface area contributed by atoms with Gasteiger partial charge in [0.1, 0.15) is 0 Å². The van der Waals surface area contributed by atoms with Gasteiger partial charge in [0.05, 0.1) is 10.8 Å². The lowest BCUT2D eigenvalue weighted by Crippen LogP contribution is -2.43. The molecule has 0 saturated carbocycles. The van der Waals surface area contributed by atoms with Crippen molar-refractivity contribution in [2.45, 2.75) is 61.3 Å². The van der Waals surface area contributed by atoms with Gasteiger partial charge in [-0.05, 0) is 32.7 Å². The van der Waals surface area contributed by atoms with E-state index in [2.05, 4.69) is 31.2 Å². The third kappa shape index (κ3) is 2.88. The van der Waals surface area contributed by atoms with E-state index in [4.69, 9.17) is 9.51 Å². The molecule has 0 aliphatic carbocycles. The molecule has 2 saturated heterocycles. The van der Waals surface area contributed by atoms with Gasteiger partial charge in [-0.2, -0.15) is 16.7 Å². The summed E-state index contributed by atoms with van der Waals surface area (Å²) < 4.78 is 5.58. The van der Waals surface area contributed by atoms with Crippen molar-refractivity contribution in [3.8, 4) is 0 Å². The fourth-order valence-corrected chi connectivity index (χ4v) is 5.58. The van der Waals surface area contributed by atoms with Crippen molar-refractivity contribution in [3.05, 3.63) is 11.7 Å². The number of piperidine rings is 1. The average molecular weight is 313 g/mol. The van der Waals surface area contributed by atoms with Gasteiger partial charge >= 0.3 is 0 Å². The summed E-state index contributed by atoms with van der Waals surface area (Å²) in [4.78, 5) is 4.71. The van der Waals surface area contributed by atoms with Gasteiger partial charge in [0.2, 0.25) is 5.89 Å². The Morgan fingerprint density at radius 3 is 2.85 bits per heavy atom. The molecule has 3 rings (SSSR count). The van der Waals surface area contributed by atoms with Crippen LogP contribution in [0.1, 0.15) is 57.0 Å². The molecule has 2 aliphatic heterocycles. The van der Waals surface area contributed by atoms with Crippen LogP contribution in [-0.2, 0) is 5.54 Å². The maximum absolute atomic E-state index is 5.58. The number of nitrogens with one attached hydrogen (secondary N) is 1. The zero-order chi connectivity index (χ0) is 14.2. The van der Waals surface area contributed by atoms with E-state index in [9.17, 15) is 0 Å². The second-order valence-electron chi connectivity index (χ2n) is 6.04. The third-order valence-corrected chi connectivity index (χ3v) is 7.76. The summed E-state index contributed by atoms with van der Waals surface area (Å²) in [5, 5.41) is 9.52. The normalized spacial score (nSPS) is 38.9. The van der Waals surface area contributed by atoms with Crippen molar-refractivity contribution < 1.29 is 4.52 Å². The SMILES string of the molecule is CC1SCC(c2noc(C3(C)CCCCN3)n2)SC1C. The van der Waals surface area contributed by atoms with E-state index >= 15 is 0 Å². The monoisotopic (exact) mass is 313 g/mol. The Labute approximate surface area is 129 Å². The second kappa shape index (κ2) is 5.89. The average Bonchev–Trinajstić information content (AvgIpc) is 2.93. The van der Waals surface area contributed by atoms with Crippen LogP contribution in [-0.4, -0.2) is 32.9 Å². The molecule has 1 aromatic heterocycles. The minimum atomic E-state index is -0.130. The Kier molecular flexibility index (Phi) is 4.34. The first-order chi connectivity index (χ1) is 9.58. The zero-order valence-corrected chi connectivity index (χ0v) is 14.0. The highest BCUT2D eigenvalue weighted by molar-refractivity contribution is 8.07. The molecule has 0 bridgehead atoms. The second-order valence-corrected chi connectivity index (χ2v) is 9.04. The van der Waals surface area contributed by atoms with E-state index in [0.717, 1.165) is 30.4 Å². The zero-order valence-electron chi connectivity index (χ0n) is 12.4. The summed E-state index contributed by atoms with van der Waals surface area (Å²) in [6.45, 7) is 7.81. The fourth-order valence-electron chi connectivity index (χ4n) is 2.75. The lowest BCUT2D eigenvalue weighted by molar-refractivity contribution is 0.206. The summed E-state index contributed by atoms with van der Waals surface area (Å²) in [6, 6.07) is 0. The molecule has 3 heterocycles. The number of nitrogens with zero attached hydrogens (tertiary/aromatic N) is 2. The van der Waals surface area contributed by atoms with Gasteiger partial charge < -0.3 is 9.84 Å². The lowest BCUT2D eigenvalue weighted by atomic mass is 9.91. The van der Waals surface area contributed by atoms with Crippen molar-refractivity contribution in [2.75, 3.05) is 12.3 Å². The van der Waals surface area contributed by atoms with Gasteiger partial charge in [-0.1, -0.05) is 19.0 Å². The van der Waals surface area contributed by atoms with Crippen molar-refractivity contribution >= 4 is 23.5 Å². The lowest BCUT2D eigenvalue weighted by Gasteiger charge is -2.31. The molecule has 0 aromatic carbocycles. The summed E-state index contributed by atoms with van der Waals surface area (Å²) in [5.41, 5.74) is -0.130. The van der Waals surface area contributed by atoms with Crippen LogP contribution in [0.3, 0.4) is 0 Å². The van der Waals surface area contributed by atoms with Crippen molar-refractivity contribution in [1.29, 1.82) is 0 Å². The Morgan fingerprint density at radius 1 is 1.30 bits per heavy atom. The topological polar surface area (TPSA) is 51.0 Å². The molecule has 4 unspecified atom stereocenters. The highest BCUT2D eigenvalue weighted by Crippen LogP contribution is 2.43. The first kappa shape index (κ1) is 14.7. The number of thioether (sulfide) groups is 2. The number of hydrogen-bond donors (Lipinski definition) is 1. The standard InChI is InChI=1S/C14H23N3OS2/c1-9-10(2)20-11(8-19-9)12-16-13(18-17-12)14(3)6-4-5-7-15-14/h9-11,15H,4-8H2,1-3H3. The summed E-state index contributed by atoms with van der Waals surface area (Å²) in [5.74, 6) is 2.73. The van der Waals surface area contributed by atoms with Gasteiger partial charge in [-0.25, -0.2) is 0 Å². The van der Waals surface area contributed by atoms with Crippen LogP contribution in [0.15, 0.2) is 4.52 Å². The van der Waals surface area contributed by atoms with Crippen LogP contribution >= 0.6 is 23.5 Å². The van der Waals surface area contributed by atoms with Gasteiger partial charge in [0, 0.05) is 16.3 Å². The van der Waals surface area contributed by atoms with Crippen molar-refractivity contribution in [3.63, 3.8) is 0 Å². The van der Waals surface area contributed by atoms with Gasteiger partial charge in [-0.15, -0.1) is 11.8 Å². The van der Waals surface area contributed by atoms with Gasteiger partial charge in [0.15, 0.2) is 5.82 Å². The summed E-state index contributed by atoms with van der Waals surface area (Å²) in [6.07, 6.45) is 3.54. The summed E-state index contributed by atoms with van der Waals surface area (Å²) >= 11 is 4.00. The van der Waals surface area contributed by atoms with Crippen molar-refractivity contribution in [1.82, 2.24) is 15.5 Å². The molecule has 20 heavy (non-hydrogen) atoms. The molecular formula is C14H23N3OS2. The fraction of sp³-hybridized carbons (Fsp3) is 0.857. The quantitative estimate of drug-likeness (QED) is 0.903. The van der Waals surface area contributed by atoms with Crippen LogP contribution in [0.5, 0.6) is 0 Å². The molecule has 4 nitrogen and oxygen atoms in total. The number of hydrogen-bond acceptors (Lipinski definition) is 6. The first-order valence-corrected chi connectivity index (χ1v) is 9.44. The maximum atomic E-state index is 5.58. The van der Waals surface area contributed by atoms with Crippen LogP contribution in [0.2, 0.25) is 0 Å². The Morgan fingerprint density at radius 2 is 2.15 bits per heavy atom. The first-order valence-electron chi connectivity index (χ1n) is 7.45. The molecule has 0 amide bonds. The molecule has 1 N–H and O–H groups in total. The van der Waals surface area contributed by atoms with Crippen LogP contribution < -0.4 is 5.32 Å². The molecule has 6 heteroatoms. The van der Waals surface area contributed by atoms with E-state index in [1.54, 1.807) is 0 Å². The van der Waals surface area contributed by atoms with E-state index in [-0.39, 0.29) is 5.54 Å². The Hall–Kier alpha value is -0.200. The van der Waals surface area contributed by atoms with Crippen LogP contribution in [0, 0.1) is 0 Å².